The Morgan fingerprint density at radius 1 is 1.17 bits per heavy atom. The third-order valence-corrected chi connectivity index (χ3v) is 4.99. The minimum Gasteiger partial charge on any atom is -0.405 e. The van der Waals surface area contributed by atoms with Crippen molar-refractivity contribution in [2.75, 3.05) is 17.2 Å². The Morgan fingerprint density at radius 3 is 2.60 bits per heavy atom. The van der Waals surface area contributed by atoms with Gasteiger partial charge in [0.1, 0.15) is 23.2 Å². The van der Waals surface area contributed by atoms with Crippen molar-refractivity contribution in [1.29, 1.82) is 5.26 Å². The number of hydrogen-bond acceptors (Lipinski definition) is 7. The molecule has 1 heterocycles. The average Bonchev–Trinajstić information content (AvgIpc) is 2.71. The second-order valence-corrected chi connectivity index (χ2v) is 7.24. The molecule has 1 aromatic heterocycles. The lowest BCUT2D eigenvalue weighted by molar-refractivity contribution is -0.274. The molecule has 3 rings (SSSR count). The molecule has 1 aromatic carbocycles. The number of hydrogen-bond donors (Lipinski definition) is 3. The number of halogens is 3. The van der Waals surface area contributed by atoms with Crippen LogP contribution < -0.4 is 21.1 Å². The smallest absolute Gasteiger partial charge is 0.405 e. The van der Waals surface area contributed by atoms with Crippen molar-refractivity contribution < 1.29 is 17.9 Å². The first kappa shape index (κ1) is 21.6. The highest BCUT2D eigenvalue weighted by atomic mass is 19.4. The molecule has 0 bridgehead atoms. The van der Waals surface area contributed by atoms with Crippen LogP contribution in [0.5, 0.6) is 5.75 Å². The minimum atomic E-state index is -4.78. The lowest BCUT2D eigenvalue weighted by Crippen LogP contribution is -2.29. The second-order valence-electron chi connectivity index (χ2n) is 7.24. The Morgan fingerprint density at radius 2 is 1.90 bits per heavy atom. The molecule has 160 valence electrons. The van der Waals surface area contributed by atoms with Crippen molar-refractivity contribution in [2.24, 2.45) is 11.7 Å². The maximum absolute atomic E-state index is 12.6. The van der Waals surface area contributed by atoms with Gasteiger partial charge in [-0.1, -0.05) is 18.2 Å². The summed E-state index contributed by atoms with van der Waals surface area (Å²) < 4.78 is 41.8. The van der Waals surface area contributed by atoms with Gasteiger partial charge in [0.05, 0.1) is 6.20 Å². The third kappa shape index (κ3) is 6.22. The van der Waals surface area contributed by atoms with Gasteiger partial charge < -0.3 is 21.1 Å². The van der Waals surface area contributed by atoms with Gasteiger partial charge in [-0.3, -0.25) is 0 Å². The molecule has 0 radical (unpaired) electrons. The molecule has 0 atom stereocenters. The SMILES string of the molecule is N#Cc1cnc(NCc2ccccc2OC(F)(F)F)nc1NC[C@H]1CC[C@H](N)CC1. The van der Waals surface area contributed by atoms with Gasteiger partial charge in [0, 0.05) is 24.7 Å². The van der Waals surface area contributed by atoms with Gasteiger partial charge in [-0.25, -0.2) is 4.98 Å². The second kappa shape index (κ2) is 9.63. The van der Waals surface area contributed by atoms with Crippen LogP contribution in [-0.4, -0.2) is 28.9 Å². The zero-order valence-corrected chi connectivity index (χ0v) is 16.2. The minimum absolute atomic E-state index is 0.0259. The summed E-state index contributed by atoms with van der Waals surface area (Å²) in [5, 5.41) is 15.4. The molecular weight excluding hydrogens is 397 g/mol. The van der Waals surface area contributed by atoms with Crippen LogP contribution in [0.1, 0.15) is 36.8 Å². The molecule has 1 aliphatic carbocycles. The highest BCUT2D eigenvalue weighted by Crippen LogP contribution is 2.27. The average molecular weight is 420 g/mol. The number of anilines is 2. The highest BCUT2D eigenvalue weighted by Gasteiger charge is 2.32. The molecule has 2 aromatic rings. The highest BCUT2D eigenvalue weighted by molar-refractivity contribution is 5.53. The van der Waals surface area contributed by atoms with Crippen molar-refractivity contribution in [3.63, 3.8) is 0 Å². The van der Waals surface area contributed by atoms with Crippen LogP contribution in [-0.2, 0) is 6.54 Å². The van der Waals surface area contributed by atoms with E-state index < -0.39 is 6.36 Å². The summed E-state index contributed by atoms with van der Waals surface area (Å²) >= 11 is 0. The first-order valence-corrected chi connectivity index (χ1v) is 9.68. The fourth-order valence-electron chi connectivity index (χ4n) is 3.37. The molecule has 1 saturated carbocycles. The maximum atomic E-state index is 12.6. The summed E-state index contributed by atoms with van der Waals surface area (Å²) in [5.41, 5.74) is 6.53. The van der Waals surface area contributed by atoms with Gasteiger partial charge >= 0.3 is 6.36 Å². The largest absolute Gasteiger partial charge is 0.573 e. The van der Waals surface area contributed by atoms with Crippen molar-refractivity contribution in [3.05, 3.63) is 41.6 Å². The zero-order chi connectivity index (χ0) is 21.6. The van der Waals surface area contributed by atoms with Crippen LogP contribution in [0.15, 0.2) is 30.5 Å². The van der Waals surface area contributed by atoms with Gasteiger partial charge in [-0.15, -0.1) is 13.2 Å². The zero-order valence-electron chi connectivity index (χ0n) is 16.2. The van der Waals surface area contributed by atoms with Crippen LogP contribution in [0.25, 0.3) is 0 Å². The fourth-order valence-corrected chi connectivity index (χ4v) is 3.37. The van der Waals surface area contributed by atoms with Crippen LogP contribution in [0.2, 0.25) is 0 Å². The molecule has 1 aliphatic rings. The predicted molar refractivity (Wildman–Crippen MR) is 106 cm³/mol. The van der Waals surface area contributed by atoms with Gasteiger partial charge in [0.15, 0.2) is 0 Å². The maximum Gasteiger partial charge on any atom is 0.573 e. The first-order chi connectivity index (χ1) is 14.3. The van der Waals surface area contributed by atoms with E-state index in [2.05, 4.69) is 25.3 Å². The predicted octanol–water partition coefficient (Wildman–Crippen LogP) is 3.79. The van der Waals surface area contributed by atoms with Gasteiger partial charge in [0.2, 0.25) is 5.95 Å². The van der Waals surface area contributed by atoms with Crippen LogP contribution in [0.3, 0.4) is 0 Å². The summed E-state index contributed by atoms with van der Waals surface area (Å²) in [4.78, 5) is 8.39. The number of ether oxygens (including phenoxy) is 1. The fraction of sp³-hybridized carbons (Fsp3) is 0.450. The number of nitrogens with two attached hydrogens (primary N) is 1. The standard InChI is InChI=1S/C20H23F3N6O/c21-20(22,23)30-17-4-2-1-3-14(17)11-27-19-28-12-15(9-24)18(29-19)26-10-13-5-7-16(25)8-6-13/h1-4,12-13,16H,5-8,10-11,25H2,(H2,26,27,28,29)/t13-,16-. The summed E-state index contributed by atoms with van der Waals surface area (Å²) in [6, 6.07) is 8.14. The summed E-state index contributed by atoms with van der Waals surface area (Å²) in [6.07, 6.45) is 0.596. The lowest BCUT2D eigenvalue weighted by atomic mass is 9.86. The van der Waals surface area contributed by atoms with Crippen molar-refractivity contribution >= 4 is 11.8 Å². The number of benzene rings is 1. The number of nitrogens with zero attached hydrogens (tertiary/aromatic N) is 3. The Bertz CT molecular complexity index is 891. The van der Waals surface area contributed by atoms with E-state index in [1.165, 1.54) is 24.4 Å². The van der Waals surface area contributed by atoms with Gasteiger partial charge in [-0.05, 0) is 37.7 Å². The number of para-hydroxylation sites is 1. The molecule has 0 aliphatic heterocycles. The normalized spacial score (nSPS) is 19.0. The van der Waals surface area contributed by atoms with E-state index in [4.69, 9.17) is 5.73 Å². The molecule has 0 saturated heterocycles. The third-order valence-electron chi connectivity index (χ3n) is 4.99. The van der Waals surface area contributed by atoms with E-state index in [9.17, 15) is 18.4 Å². The van der Waals surface area contributed by atoms with Crippen molar-refractivity contribution in [2.45, 2.75) is 44.6 Å². The molecule has 4 N–H and O–H groups in total. The number of alkyl halides is 3. The van der Waals surface area contributed by atoms with E-state index in [-0.39, 0.29) is 24.3 Å². The molecule has 10 heteroatoms. The Balaban J connectivity index is 1.65. The molecule has 0 unspecified atom stereocenters. The first-order valence-electron chi connectivity index (χ1n) is 9.68. The number of rotatable bonds is 7. The number of nitrogens with one attached hydrogen (secondary N) is 2. The molecule has 0 amide bonds. The lowest BCUT2D eigenvalue weighted by Gasteiger charge is -2.26. The summed E-state index contributed by atoms with van der Waals surface area (Å²) in [5.74, 6) is 0.753. The quantitative estimate of drug-likeness (QED) is 0.625. The van der Waals surface area contributed by atoms with Crippen molar-refractivity contribution in [1.82, 2.24) is 9.97 Å². The Hall–Kier alpha value is -3.06. The van der Waals surface area contributed by atoms with E-state index in [0.717, 1.165) is 25.7 Å². The Kier molecular flexibility index (Phi) is 6.95. The van der Waals surface area contributed by atoms with E-state index in [0.29, 0.717) is 29.4 Å². The topological polar surface area (TPSA) is 109 Å². The van der Waals surface area contributed by atoms with Crippen molar-refractivity contribution in [3.8, 4) is 11.8 Å². The van der Waals surface area contributed by atoms with Crippen LogP contribution in [0, 0.1) is 17.2 Å². The van der Waals surface area contributed by atoms with Gasteiger partial charge in [-0.2, -0.15) is 10.2 Å². The van der Waals surface area contributed by atoms with E-state index >= 15 is 0 Å². The van der Waals surface area contributed by atoms with E-state index in [1.807, 2.05) is 6.07 Å². The molecule has 1 fully saturated rings. The monoisotopic (exact) mass is 420 g/mol. The van der Waals surface area contributed by atoms with Crippen LogP contribution in [0.4, 0.5) is 24.9 Å². The molecule has 7 nitrogen and oxygen atoms in total. The number of nitriles is 1. The van der Waals surface area contributed by atoms with Gasteiger partial charge in [0.25, 0.3) is 0 Å². The van der Waals surface area contributed by atoms with E-state index in [1.54, 1.807) is 6.07 Å². The molecular formula is C20H23F3N6O. The Labute approximate surface area is 172 Å². The number of aromatic nitrogens is 2. The van der Waals surface area contributed by atoms with Crippen LogP contribution >= 0.6 is 0 Å². The molecule has 0 spiro atoms. The summed E-state index contributed by atoms with van der Waals surface area (Å²) in [6.45, 7) is 0.693. The molecule has 30 heavy (non-hydrogen) atoms. The summed E-state index contributed by atoms with van der Waals surface area (Å²) in [7, 11) is 0.